The molecule has 0 amide bonds. The van der Waals surface area contributed by atoms with Crippen molar-refractivity contribution in [1.29, 1.82) is 5.26 Å². The second-order valence-corrected chi connectivity index (χ2v) is 4.52. The zero-order valence-electron chi connectivity index (χ0n) is 11.2. The molecule has 0 saturated carbocycles. The number of esters is 1. The fourth-order valence-corrected chi connectivity index (χ4v) is 2.14. The van der Waals surface area contributed by atoms with E-state index in [1.54, 1.807) is 0 Å². The van der Waals surface area contributed by atoms with Gasteiger partial charge in [-0.15, -0.1) is 0 Å². The summed E-state index contributed by atoms with van der Waals surface area (Å²) in [6, 6.07) is 1.87. The van der Waals surface area contributed by atoms with Crippen LogP contribution in [-0.2, 0) is 15.9 Å². The molecule has 21 heavy (non-hydrogen) atoms. The van der Waals surface area contributed by atoms with E-state index in [9.17, 15) is 15.0 Å². The second-order valence-electron chi connectivity index (χ2n) is 4.52. The molecule has 0 bridgehead atoms. The van der Waals surface area contributed by atoms with Crippen molar-refractivity contribution in [3.8, 4) is 6.07 Å². The van der Waals surface area contributed by atoms with E-state index in [2.05, 4.69) is 9.84 Å². The number of carbonyl (C=O) groups is 1. The number of ether oxygens (including phenoxy) is 2. The highest BCUT2D eigenvalue weighted by atomic mass is 16.6. The molecule has 4 atom stereocenters. The molecule has 1 aliphatic heterocycles. The van der Waals surface area contributed by atoms with Crippen molar-refractivity contribution in [2.24, 2.45) is 0 Å². The molecular formula is C12H15N3O6. The summed E-state index contributed by atoms with van der Waals surface area (Å²) in [4.78, 5) is 11.6. The standard InChI is InChI=1S/C12H15N3O6/c1-20-12(19)6-4-15(14-7(6)2-3-13)11-10(18)9(17)8(5-16)21-11/h4,8-11,16-18H,2,5H2,1H3/t8-,9-,10-,11-/m1/s1. The Morgan fingerprint density at radius 3 is 2.81 bits per heavy atom. The first-order valence-corrected chi connectivity index (χ1v) is 6.19. The van der Waals surface area contributed by atoms with Crippen molar-refractivity contribution >= 4 is 5.97 Å². The molecule has 114 valence electrons. The van der Waals surface area contributed by atoms with Gasteiger partial charge in [0.1, 0.15) is 23.9 Å². The summed E-state index contributed by atoms with van der Waals surface area (Å²) < 4.78 is 11.0. The van der Waals surface area contributed by atoms with Crippen molar-refractivity contribution in [2.75, 3.05) is 13.7 Å². The lowest BCUT2D eigenvalue weighted by atomic mass is 10.1. The molecule has 1 aromatic heterocycles. The maximum atomic E-state index is 11.6. The number of hydrogen-bond donors (Lipinski definition) is 3. The number of aromatic nitrogens is 2. The summed E-state index contributed by atoms with van der Waals surface area (Å²) in [5.41, 5.74) is 0.263. The van der Waals surface area contributed by atoms with Gasteiger partial charge >= 0.3 is 5.97 Å². The Morgan fingerprint density at radius 1 is 1.57 bits per heavy atom. The van der Waals surface area contributed by atoms with Gasteiger partial charge < -0.3 is 24.8 Å². The second kappa shape index (κ2) is 6.19. The van der Waals surface area contributed by atoms with Gasteiger partial charge in [0.05, 0.1) is 31.9 Å². The third-order valence-corrected chi connectivity index (χ3v) is 3.24. The molecule has 2 rings (SSSR count). The first-order valence-electron chi connectivity index (χ1n) is 6.19. The molecule has 0 aliphatic carbocycles. The van der Waals surface area contributed by atoms with E-state index in [1.165, 1.54) is 13.3 Å². The van der Waals surface area contributed by atoms with E-state index in [-0.39, 0.29) is 17.7 Å². The Balaban J connectivity index is 2.33. The molecule has 1 aliphatic rings. The van der Waals surface area contributed by atoms with Crippen LogP contribution in [0.1, 0.15) is 22.3 Å². The number of aliphatic hydroxyl groups is 3. The van der Waals surface area contributed by atoms with E-state index in [1.807, 2.05) is 6.07 Å². The largest absolute Gasteiger partial charge is 0.465 e. The molecular weight excluding hydrogens is 282 g/mol. The van der Waals surface area contributed by atoms with Gasteiger partial charge in [-0.2, -0.15) is 10.4 Å². The average molecular weight is 297 g/mol. The van der Waals surface area contributed by atoms with Crippen LogP contribution < -0.4 is 0 Å². The van der Waals surface area contributed by atoms with Gasteiger partial charge in [-0.25, -0.2) is 9.48 Å². The fraction of sp³-hybridized carbons (Fsp3) is 0.583. The highest BCUT2D eigenvalue weighted by Gasteiger charge is 2.44. The van der Waals surface area contributed by atoms with Gasteiger partial charge in [0, 0.05) is 6.20 Å². The lowest BCUT2D eigenvalue weighted by Crippen LogP contribution is -2.33. The maximum Gasteiger partial charge on any atom is 0.341 e. The van der Waals surface area contributed by atoms with Crippen LogP contribution in [0.3, 0.4) is 0 Å². The van der Waals surface area contributed by atoms with E-state index in [0.717, 1.165) is 4.68 Å². The Bertz CT molecular complexity index is 566. The smallest absolute Gasteiger partial charge is 0.341 e. The van der Waals surface area contributed by atoms with Crippen LogP contribution in [0.5, 0.6) is 0 Å². The van der Waals surface area contributed by atoms with Crippen LogP contribution in [0.4, 0.5) is 0 Å². The fourth-order valence-electron chi connectivity index (χ4n) is 2.14. The summed E-state index contributed by atoms with van der Waals surface area (Å²) in [5, 5.41) is 41.4. The minimum absolute atomic E-state index is 0.0804. The van der Waals surface area contributed by atoms with Gasteiger partial charge in [-0.3, -0.25) is 0 Å². The van der Waals surface area contributed by atoms with Crippen LogP contribution in [0, 0.1) is 11.3 Å². The molecule has 9 heteroatoms. The lowest BCUT2D eigenvalue weighted by molar-refractivity contribution is -0.0587. The monoisotopic (exact) mass is 297 g/mol. The SMILES string of the molecule is COC(=O)c1cn([C@@H]2O[C@H](CO)[C@@H](O)[C@H]2O)nc1CC#N. The van der Waals surface area contributed by atoms with Crippen molar-refractivity contribution in [2.45, 2.75) is 31.0 Å². The number of nitrogens with zero attached hydrogens (tertiary/aromatic N) is 3. The van der Waals surface area contributed by atoms with E-state index < -0.39 is 37.1 Å². The molecule has 3 N–H and O–H groups in total. The zero-order valence-corrected chi connectivity index (χ0v) is 11.2. The van der Waals surface area contributed by atoms with Crippen LogP contribution in [-0.4, -0.2) is 63.1 Å². The van der Waals surface area contributed by atoms with Crippen LogP contribution in [0.15, 0.2) is 6.20 Å². The normalized spacial score (nSPS) is 28.3. The summed E-state index contributed by atoms with van der Waals surface area (Å²) in [6.07, 6.45) is -3.44. The predicted octanol–water partition coefficient (Wildman–Crippen LogP) is -1.65. The van der Waals surface area contributed by atoms with Crippen molar-refractivity contribution in [1.82, 2.24) is 9.78 Å². The minimum atomic E-state index is -1.32. The molecule has 1 saturated heterocycles. The summed E-state index contributed by atoms with van der Waals surface area (Å²) in [7, 11) is 1.20. The number of methoxy groups -OCH3 is 1. The van der Waals surface area contributed by atoms with E-state index >= 15 is 0 Å². The van der Waals surface area contributed by atoms with Crippen molar-refractivity contribution < 1.29 is 29.6 Å². The zero-order chi connectivity index (χ0) is 15.6. The molecule has 1 aromatic rings. The van der Waals surface area contributed by atoms with E-state index in [0.29, 0.717) is 0 Å². The molecule has 9 nitrogen and oxygen atoms in total. The van der Waals surface area contributed by atoms with Crippen LogP contribution in [0.2, 0.25) is 0 Å². The quantitative estimate of drug-likeness (QED) is 0.562. The average Bonchev–Trinajstić information content (AvgIpc) is 3.02. The number of carbonyl (C=O) groups excluding carboxylic acids is 1. The molecule has 0 spiro atoms. The summed E-state index contributed by atoms with van der Waals surface area (Å²) in [6.45, 7) is -0.467. The highest BCUT2D eigenvalue weighted by Crippen LogP contribution is 2.29. The van der Waals surface area contributed by atoms with E-state index in [4.69, 9.17) is 15.1 Å². The van der Waals surface area contributed by atoms with Crippen LogP contribution in [0.25, 0.3) is 0 Å². The number of aliphatic hydroxyl groups excluding tert-OH is 3. The lowest BCUT2D eigenvalue weighted by Gasteiger charge is -2.14. The Hall–Kier alpha value is -1.99. The number of hydrogen-bond acceptors (Lipinski definition) is 8. The number of nitriles is 1. The first-order chi connectivity index (χ1) is 10.0. The molecule has 0 radical (unpaired) electrons. The molecule has 2 heterocycles. The van der Waals surface area contributed by atoms with Gasteiger partial charge in [-0.1, -0.05) is 0 Å². The Labute approximate surface area is 119 Å². The molecule has 0 aromatic carbocycles. The first kappa shape index (κ1) is 15.4. The third kappa shape index (κ3) is 2.74. The summed E-state index contributed by atoms with van der Waals surface area (Å²) >= 11 is 0. The molecule has 0 unspecified atom stereocenters. The van der Waals surface area contributed by atoms with Gasteiger partial charge in [0.2, 0.25) is 0 Å². The van der Waals surface area contributed by atoms with Gasteiger partial charge in [-0.05, 0) is 0 Å². The maximum absolute atomic E-state index is 11.6. The third-order valence-electron chi connectivity index (χ3n) is 3.24. The highest BCUT2D eigenvalue weighted by molar-refractivity contribution is 5.90. The topological polar surface area (TPSA) is 138 Å². The van der Waals surface area contributed by atoms with Crippen molar-refractivity contribution in [3.05, 3.63) is 17.5 Å². The van der Waals surface area contributed by atoms with Crippen molar-refractivity contribution in [3.63, 3.8) is 0 Å². The minimum Gasteiger partial charge on any atom is -0.465 e. The Kier molecular flexibility index (Phi) is 4.54. The number of rotatable bonds is 4. The van der Waals surface area contributed by atoms with Crippen LogP contribution >= 0.6 is 0 Å². The van der Waals surface area contributed by atoms with Gasteiger partial charge in [0.25, 0.3) is 0 Å². The Morgan fingerprint density at radius 2 is 2.29 bits per heavy atom. The molecule has 1 fully saturated rings. The predicted molar refractivity (Wildman–Crippen MR) is 65.9 cm³/mol. The van der Waals surface area contributed by atoms with Gasteiger partial charge in [0.15, 0.2) is 6.23 Å². The summed E-state index contributed by atoms with van der Waals surface area (Å²) in [5.74, 6) is -0.668.